The summed E-state index contributed by atoms with van der Waals surface area (Å²) in [6.45, 7) is 2.03. The van der Waals surface area contributed by atoms with Crippen LogP contribution in [-0.4, -0.2) is 5.78 Å². The molecule has 0 saturated heterocycles. The standard InChI is InChI=1S/C33H27FO/c1-2-3-23-4-6-24(7-5-23)8-9-25-12-19-32-29(20-25)22-30(33(32)35)21-26-10-13-27(14-11-26)28-15-17-31(34)18-16-28/h2-7,10-21H,8-9,22H2,1H3/b3-2?,30-21+. The molecule has 0 atom stereocenters. The fourth-order valence-corrected chi connectivity index (χ4v) is 4.64. The van der Waals surface area contributed by atoms with Gasteiger partial charge in [-0.05, 0) is 76.9 Å². The van der Waals surface area contributed by atoms with Crippen molar-refractivity contribution in [2.45, 2.75) is 26.2 Å². The fraction of sp³-hybridized carbons (Fsp3) is 0.121. The average molecular weight is 459 g/mol. The van der Waals surface area contributed by atoms with E-state index >= 15 is 0 Å². The monoisotopic (exact) mass is 458 g/mol. The maximum absolute atomic E-state index is 13.2. The van der Waals surface area contributed by atoms with Crippen molar-refractivity contribution in [3.63, 3.8) is 0 Å². The second-order valence-corrected chi connectivity index (χ2v) is 9.04. The zero-order valence-corrected chi connectivity index (χ0v) is 19.8. The quantitative estimate of drug-likeness (QED) is 0.267. The molecule has 0 aliphatic heterocycles. The van der Waals surface area contributed by atoms with Crippen LogP contribution in [0.25, 0.3) is 23.3 Å². The van der Waals surface area contributed by atoms with Gasteiger partial charge in [-0.25, -0.2) is 4.39 Å². The molecule has 35 heavy (non-hydrogen) atoms. The van der Waals surface area contributed by atoms with Crippen LogP contribution in [0.4, 0.5) is 4.39 Å². The van der Waals surface area contributed by atoms with Gasteiger partial charge in [-0.15, -0.1) is 0 Å². The van der Waals surface area contributed by atoms with Crippen molar-refractivity contribution in [3.8, 4) is 11.1 Å². The van der Waals surface area contributed by atoms with Gasteiger partial charge in [0.05, 0.1) is 0 Å². The first-order valence-corrected chi connectivity index (χ1v) is 12.0. The third-order valence-electron chi connectivity index (χ3n) is 6.56. The number of Topliss-reactive ketones (excluding diaryl/α,β-unsaturated/α-hetero) is 1. The Morgan fingerprint density at radius 3 is 2.03 bits per heavy atom. The first-order chi connectivity index (χ1) is 17.1. The minimum absolute atomic E-state index is 0.119. The van der Waals surface area contributed by atoms with Gasteiger partial charge >= 0.3 is 0 Å². The molecule has 0 spiro atoms. The molecule has 0 amide bonds. The van der Waals surface area contributed by atoms with Crippen LogP contribution in [0.2, 0.25) is 0 Å². The largest absolute Gasteiger partial charge is 0.289 e. The number of aryl methyl sites for hydroxylation is 2. The molecule has 4 aromatic carbocycles. The smallest absolute Gasteiger partial charge is 0.189 e. The number of hydrogen-bond donors (Lipinski definition) is 0. The van der Waals surface area contributed by atoms with E-state index in [4.69, 9.17) is 0 Å². The lowest BCUT2D eigenvalue weighted by Crippen LogP contribution is -1.96. The number of carbonyl (C=O) groups excluding carboxylic acids is 1. The Bertz CT molecular complexity index is 1410. The Balaban J connectivity index is 1.27. The van der Waals surface area contributed by atoms with Crippen LogP contribution in [0.1, 0.15) is 45.1 Å². The summed E-state index contributed by atoms with van der Waals surface area (Å²) in [7, 11) is 0. The topological polar surface area (TPSA) is 17.1 Å². The number of carbonyl (C=O) groups is 1. The van der Waals surface area contributed by atoms with Crippen molar-refractivity contribution in [3.05, 3.63) is 142 Å². The summed E-state index contributed by atoms with van der Waals surface area (Å²) in [5.74, 6) is -0.120. The second kappa shape index (κ2) is 10.1. The summed E-state index contributed by atoms with van der Waals surface area (Å²) in [5, 5.41) is 0. The van der Waals surface area contributed by atoms with E-state index in [1.807, 2.05) is 49.4 Å². The maximum atomic E-state index is 13.2. The molecule has 4 aromatic rings. The highest BCUT2D eigenvalue weighted by Gasteiger charge is 2.24. The van der Waals surface area contributed by atoms with Gasteiger partial charge in [-0.1, -0.05) is 91.0 Å². The van der Waals surface area contributed by atoms with Gasteiger partial charge in [0.2, 0.25) is 0 Å². The minimum Gasteiger partial charge on any atom is -0.289 e. The lowest BCUT2D eigenvalue weighted by Gasteiger charge is -2.05. The molecule has 172 valence electrons. The van der Waals surface area contributed by atoms with Crippen molar-refractivity contribution < 1.29 is 9.18 Å². The van der Waals surface area contributed by atoms with Crippen LogP contribution in [0, 0.1) is 5.82 Å². The van der Waals surface area contributed by atoms with Crippen molar-refractivity contribution in [2.75, 3.05) is 0 Å². The van der Waals surface area contributed by atoms with Crippen LogP contribution >= 0.6 is 0 Å². The summed E-state index contributed by atoms with van der Waals surface area (Å²) in [6, 6.07) is 29.5. The molecule has 0 bridgehead atoms. The lowest BCUT2D eigenvalue weighted by molar-refractivity contribution is 0.104. The molecule has 1 aliphatic carbocycles. The molecule has 0 aromatic heterocycles. The normalized spacial score (nSPS) is 14.1. The van der Waals surface area contributed by atoms with E-state index in [2.05, 4.69) is 42.5 Å². The summed E-state index contributed by atoms with van der Waals surface area (Å²) in [6.07, 6.45) is 8.74. The molecule has 0 N–H and O–H groups in total. The highest BCUT2D eigenvalue weighted by Crippen LogP contribution is 2.30. The van der Waals surface area contributed by atoms with E-state index in [1.54, 1.807) is 12.1 Å². The molecule has 1 nitrogen and oxygen atoms in total. The molecule has 2 heteroatoms. The van der Waals surface area contributed by atoms with Gasteiger partial charge in [0.25, 0.3) is 0 Å². The summed E-state index contributed by atoms with van der Waals surface area (Å²) in [4.78, 5) is 13.0. The molecule has 5 rings (SSSR count). The van der Waals surface area contributed by atoms with E-state index in [0.717, 1.165) is 46.2 Å². The van der Waals surface area contributed by atoms with E-state index in [0.29, 0.717) is 6.42 Å². The fourth-order valence-electron chi connectivity index (χ4n) is 4.64. The Labute approximate surface area is 206 Å². The molecule has 0 fully saturated rings. The Morgan fingerprint density at radius 2 is 1.34 bits per heavy atom. The number of fused-ring (bicyclic) bond motifs is 1. The van der Waals surface area contributed by atoms with E-state index < -0.39 is 0 Å². The highest BCUT2D eigenvalue weighted by atomic mass is 19.1. The van der Waals surface area contributed by atoms with E-state index in [-0.39, 0.29) is 11.6 Å². The van der Waals surface area contributed by atoms with Crippen molar-refractivity contribution in [1.82, 2.24) is 0 Å². The third-order valence-corrected chi connectivity index (χ3v) is 6.56. The van der Waals surface area contributed by atoms with Gasteiger partial charge in [0.15, 0.2) is 5.78 Å². The number of ketones is 1. The molecule has 0 heterocycles. The van der Waals surface area contributed by atoms with Crippen molar-refractivity contribution >= 4 is 17.9 Å². The number of halogens is 1. The predicted octanol–water partition coefficient (Wildman–Crippen LogP) is 8.13. The molecular weight excluding hydrogens is 431 g/mol. The molecule has 1 aliphatic rings. The second-order valence-electron chi connectivity index (χ2n) is 9.04. The molecule has 0 radical (unpaired) electrons. The van der Waals surface area contributed by atoms with Gasteiger partial charge in [-0.3, -0.25) is 4.79 Å². The third kappa shape index (κ3) is 5.22. The Hall–Kier alpha value is -4.04. The van der Waals surface area contributed by atoms with Crippen molar-refractivity contribution in [1.29, 1.82) is 0 Å². The predicted molar refractivity (Wildman–Crippen MR) is 143 cm³/mol. The van der Waals surface area contributed by atoms with Crippen LogP contribution < -0.4 is 0 Å². The van der Waals surface area contributed by atoms with Gasteiger partial charge < -0.3 is 0 Å². The minimum atomic E-state index is -0.240. The summed E-state index contributed by atoms with van der Waals surface area (Å²) in [5.41, 5.74) is 9.55. The van der Waals surface area contributed by atoms with Gasteiger partial charge in [-0.2, -0.15) is 0 Å². The van der Waals surface area contributed by atoms with E-state index in [1.165, 1.54) is 28.8 Å². The number of hydrogen-bond acceptors (Lipinski definition) is 1. The Kier molecular flexibility index (Phi) is 6.54. The zero-order chi connectivity index (χ0) is 24.2. The first-order valence-electron chi connectivity index (χ1n) is 12.0. The number of benzene rings is 4. The zero-order valence-electron chi connectivity index (χ0n) is 19.8. The van der Waals surface area contributed by atoms with E-state index in [9.17, 15) is 9.18 Å². The van der Waals surface area contributed by atoms with Crippen LogP contribution in [0.3, 0.4) is 0 Å². The van der Waals surface area contributed by atoms with Crippen LogP contribution in [0.5, 0.6) is 0 Å². The summed E-state index contributed by atoms with van der Waals surface area (Å²) < 4.78 is 13.2. The number of allylic oxidation sites excluding steroid dienone is 2. The highest BCUT2D eigenvalue weighted by molar-refractivity contribution is 6.15. The SMILES string of the molecule is CC=Cc1ccc(CCc2ccc3c(c2)C/C(=C\c2ccc(-c4ccc(F)cc4)cc2)C3=O)cc1. The molecular formula is C33H27FO. The first kappa shape index (κ1) is 22.7. The van der Waals surface area contributed by atoms with Gasteiger partial charge in [0, 0.05) is 17.6 Å². The average Bonchev–Trinajstić information content (AvgIpc) is 3.19. The lowest BCUT2D eigenvalue weighted by atomic mass is 10.00. The van der Waals surface area contributed by atoms with Crippen molar-refractivity contribution in [2.24, 2.45) is 0 Å². The molecule has 0 saturated carbocycles. The van der Waals surface area contributed by atoms with Crippen LogP contribution in [0.15, 0.2) is 103 Å². The Morgan fingerprint density at radius 1 is 0.743 bits per heavy atom. The molecule has 0 unspecified atom stereocenters. The number of rotatable bonds is 6. The maximum Gasteiger partial charge on any atom is 0.189 e. The van der Waals surface area contributed by atoms with Gasteiger partial charge in [0.1, 0.15) is 5.82 Å². The summed E-state index contributed by atoms with van der Waals surface area (Å²) >= 11 is 0. The van der Waals surface area contributed by atoms with Crippen LogP contribution in [-0.2, 0) is 19.3 Å².